The van der Waals surface area contributed by atoms with E-state index in [-0.39, 0.29) is 27.8 Å². The number of hydrogen-bond donors (Lipinski definition) is 3. The fourth-order valence-corrected chi connectivity index (χ4v) is 3.56. The van der Waals surface area contributed by atoms with Crippen molar-refractivity contribution in [2.24, 2.45) is 0 Å². The zero-order valence-electron chi connectivity index (χ0n) is 17.1. The van der Waals surface area contributed by atoms with E-state index in [0.29, 0.717) is 16.8 Å². The van der Waals surface area contributed by atoms with Gasteiger partial charge in [0.2, 0.25) is 0 Å². The lowest BCUT2D eigenvalue weighted by molar-refractivity contribution is 0.215. The summed E-state index contributed by atoms with van der Waals surface area (Å²) in [6.45, 7) is 1.70. The molecule has 1 aromatic heterocycles. The lowest BCUT2D eigenvalue weighted by Gasteiger charge is -2.17. The Morgan fingerprint density at radius 1 is 1.12 bits per heavy atom. The summed E-state index contributed by atoms with van der Waals surface area (Å²) in [5.74, 6) is -0.0483. The molecule has 0 saturated heterocycles. The number of aryl methyl sites for hydroxylation is 1. The normalized spacial score (nSPS) is 11.9. The molecule has 0 aliphatic carbocycles. The summed E-state index contributed by atoms with van der Waals surface area (Å²) in [4.78, 5) is 25.4. The summed E-state index contributed by atoms with van der Waals surface area (Å²) in [7, 11) is 0. The summed E-state index contributed by atoms with van der Waals surface area (Å²) in [6.07, 6.45) is -0.245. The van der Waals surface area contributed by atoms with Crippen LogP contribution in [0.1, 0.15) is 22.8 Å². The molecule has 0 aliphatic rings. The van der Waals surface area contributed by atoms with Gasteiger partial charge in [-0.25, -0.2) is 9.18 Å². The van der Waals surface area contributed by atoms with Gasteiger partial charge >= 0.3 is 5.69 Å². The first-order valence-electron chi connectivity index (χ1n) is 9.66. The van der Waals surface area contributed by atoms with E-state index in [4.69, 9.17) is 16.3 Å². The van der Waals surface area contributed by atoms with Gasteiger partial charge in [-0.15, -0.1) is 0 Å². The summed E-state index contributed by atoms with van der Waals surface area (Å²) in [5.41, 5.74) is 0.0969. The number of ether oxygens (including phenoxy) is 1. The van der Waals surface area contributed by atoms with Crippen molar-refractivity contribution in [3.63, 3.8) is 0 Å². The molecule has 0 saturated carbocycles. The van der Waals surface area contributed by atoms with Crippen LogP contribution in [0.2, 0.25) is 5.02 Å². The Morgan fingerprint density at radius 3 is 2.52 bits per heavy atom. The van der Waals surface area contributed by atoms with Gasteiger partial charge in [-0.3, -0.25) is 9.78 Å². The van der Waals surface area contributed by atoms with Crippen molar-refractivity contribution in [1.82, 2.24) is 14.8 Å². The van der Waals surface area contributed by atoms with Crippen LogP contribution in [0.5, 0.6) is 17.2 Å². The average molecular weight is 470 g/mol. The van der Waals surface area contributed by atoms with E-state index in [1.54, 1.807) is 13.0 Å². The molecular weight excluding hydrogens is 453 g/mol. The van der Waals surface area contributed by atoms with E-state index in [2.05, 4.69) is 10.1 Å². The van der Waals surface area contributed by atoms with Gasteiger partial charge in [0.1, 0.15) is 35.4 Å². The molecule has 4 aromatic rings. The van der Waals surface area contributed by atoms with Crippen molar-refractivity contribution in [3.05, 3.63) is 109 Å². The standard InChI is InChI=1S/C23H17ClFN3O5/c1-12-8-15(28-23(32)27-20(30)11-26-28)9-18(24)22(12)33-16-6-7-19(29)17(10-16)21(31)13-2-4-14(25)5-3-13/h2-11,21,29,31H,1H3,(H,27,30,32). The lowest BCUT2D eigenvalue weighted by Crippen LogP contribution is -2.30. The van der Waals surface area contributed by atoms with Gasteiger partial charge in [-0.2, -0.15) is 9.78 Å². The molecule has 0 aliphatic heterocycles. The Labute approximate surface area is 191 Å². The van der Waals surface area contributed by atoms with Crippen molar-refractivity contribution in [2.75, 3.05) is 0 Å². The molecule has 168 valence electrons. The number of aromatic hydroxyl groups is 1. The first-order valence-corrected chi connectivity index (χ1v) is 10.0. The summed E-state index contributed by atoms with van der Waals surface area (Å²) in [6, 6.07) is 12.6. The number of hydrogen-bond acceptors (Lipinski definition) is 6. The van der Waals surface area contributed by atoms with Crippen molar-refractivity contribution >= 4 is 11.6 Å². The molecule has 0 spiro atoms. The van der Waals surface area contributed by atoms with Gasteiger partial charge in [0, 0.05) is 5.56 Å². The Morgan fingerprint density at radius 2 is 1.85 bits per heavy atom. The Bertz CT molecular complexity index is 1430. The maximum absolute atomic E-state index is 13.2. The fourth-order valence-electron chi connectivity index (χ4n) is 3.26. The van der Waals surface area contributed by atoms with Crippen LogP contribution in [-0.2, 0) is 0 Å². The van der Waals surface area contributed by atoms with E-state index in [9.17, 15) is 24.2 Å². The number of phenols is 1. The number of aromatic amines is 1. The van der Waals surface area contributed by atoms with Crippen LogP contribution in [0.4, 0.5) is 4.39 Å². The summed E-state index contributed by atoms with van der Waals surface area (Å²) in [5, 5.41) is 24.8. The molecule has 8 nitrogen and oxygen atoms in total. The Balaban J connectivity index is 1.66. The molecule has 33 heavy (non-hydrogen) atoms. The number of phenolic OH excluding ortho intramolecular Hbond substituents is 1. The van der Waals surface area contributed by atoms with Crippen molar-refractivity contribution in [3.8, 4) is 22.9 Å². The van der Waals surface area contributed by atoms with Crippen LogP contribution in [0, 0.1) is 12.7 Å². The number of H-pyrrole nitrogens is 1. The second-order valence-electron chi connectivity index (χ2n) is 7.20. The third kappa shape index (κ3) is 4.64. The molecule has 0 fully saturated rings. The van der Waals surface area contributed by atoms with Crippen molar-refractivity contribution in [1.29, 1.82) is 0 Å². The highest BCUT2D eigenvalue weighted by Gasteiger charge is 2.18. The molecule has 10 heteroatoms. The van der Waals surface area contributed by atoms with E-state index in [0.717, 1.165) is 10.9 Å². The van der Waals surface area contributed by atoms with E-state index < -0.39 is 23.2 Å². The predicted molar refractivity (Wildman–Crippen MR) is 119 cm³/mol. The van der Waals surface area contributed by atoms with Gasteiger partial charge in [0.25, 0.3) is 5.56 Å². The minimum atomic E-state index is -1.22. The van der Waals surface area contributed by atoms with Crippen molar-refractivity contribution in [2.45, 2.75) is 13.0 Å². The van der Waals surface area contributed by atoms with Crippen LogP contribution in [0.15, 0.2) is 70.4 Å². The maximum Gasteiger partial charge on any atom is 0.349 e. The van der Waals surface area contributed by atoms with Crippen LogP contribution in [-0.4, -0.2) is 25.0 Å². The Kier molecular flexibility index (Phi) is 5.99. The molecule has 1 heterocycles. The molecule has 3 aromatic carbocycles. The molecular formula is C23H17ClFN3O5. The summed E-state index contributed by atoms with van der Waals surface area (Å²) >= 11 is 6.39. The van der Waals surface area contributed by atoms with Gasteiger partial charge < -0.3 is 14.9 Å². The SMILES string of the molecule is Cc1cc(-n2ncc(=O)[nH]c2=O)cc(Cl)c1Oc1ccc(O)c(C(O)c2ccc(F)cc2)c1. The zero-order chi connectivity index (χ0) is 23.7. The highest BCUT2D eigenvalue weighted by Crippen LogP contribution is 2.38. The Hall–Kier alpha value is -3.95. The van der Waals surface area contributed by atoms with Crippen LogP contribution in [0.3, 0.4) is 0 Å². The number of aliphatic hydroxyl groups excluding tert-OH is 1. The highest BCUT2D eigenvalue weighted by molar-refractivity contribution is 6.32. The topological polar surface area (TPSA) is 117 Å². The third-order valence-electron chi connectivity index (χ3n) is 4.87. The van der Waals surface area contributed by atoms with Gasteiger partial charge in [-0.05, 0) is 60.5 Å². The number of nitrogens with zero attached hydrogens (tertiary/aromatic N) is 2. The first-order chi connectivity index (χ1) is 15.7. The second-order valence-corrected chi connectivity index (χ2v) is 7.61. The molecule has 1 unspecified atom stereocenters. The largest absolute Gasteiger partial charge is 0.508 e. The van der Waals surface area contributed by atoms with E-state index in [1.807, 2.05) is 0 Å². The zero-order valence-corrected chi connectivity index (χ0v) is 17.9. The number of rotatable bonds is 5. The lowest BCUT2D eigenvalue weighted by atomic mass is 10.0. The minimum Gasteiger partial charge on any atom is -0.508 e. The number of nitrogens with one attached hydrogen (secondary N) is 1. The van der Waals surface area contributed by atoms with E-state index >= 15 is 0 Å². The third-order valence-corrected chi connectivity index (χ3v) is 5.15. The molecule has 3 N–H and O–H groups in total. The number of halogens is 2. The van der Waals surface area contributed by atoms with Gasteiger partial charge in [-0.1, -0.05) is 23.7 Å². The van der Waals surface area contributed by atoms with Gasteiger partial charge in [0.05, 0.1) is 10.7 Å². The number of aromatic nitrogens is 3. The number of aliphatic hydroxyl groups is 1. The quantitative estimate of drug-likeness (QED) is 0.411. The van der Waals surface area contributed by atoms with Crippen LogP contribution < -0.4 is 16.0 Å². The first kappa shape index (κ1) is 22.3. The minimum absolute atomic E-state index is 0.161. The fraction of sp³-hybridized carbons (Fsp3) is 0.0870. The maximum atomic E-state index is 13.2. The number of benzene rings is 3. The second kappa shape index (κ2) is 8.89. The monoisotopic (exact) mass is 469 g/mol. The average Bonchev–Trinajstić information content (AvgIpc) is 2.77. The van der Waals surface area contributed by atoms with Crippen LogP contribution in [0.25, 0.3) is 5.69 Å². The molecule has 0 bridgehead atoms. The van der Waals surface area contributed by atoms with Crippen LogP contribution >= 0.6 is 11.6 Å². The van der Waals surface area contributed by atoms with Gasteiger partial charge in [0.15, 0.2) is 0 Å². The molecule has 0 radical (unpaired) electrons. The highest BCUT2D eigenvalue weighted by atomic mass is 35.5. The van der Waals surface area contributed by atoms with Crippen molar-refractivity contribution < 1.29 is 19.3 Å². The molecule has 4 rings (SSSR count). The van der Waals surface area contributed by atoms with E-state index in [1.165, 1.54) is 48.5 Å². The molecule has 1 atom stereocenters. The molecule has 0 amide bonds. The predicted octanol–water partition coefficient (Wildman–Crippen LogP) is 3.60. The summed E-state index contributed by atoms with van der Waals surface area (Å²) < 4.78 is 20.1. The smallest absolute Gasteiger partial charge is 0.349 e.